The van der Waals surface area contributed by atoms with E-state index in [-0.39, 0.29) is 5.56 Å². The van der Waals surface area contributed by atoms with Gasteiger partial charge in [-0.2, -0.15) is 5.10 Å². The summed E-state index contributed by atoms with van der Waals surface area (Å²) in [5.74, 6) is 0.682. The third-order valence-corrected chi connectivity index (χ3v) is 3.42. The van der Waals surface area contributed by atoms with E-state index in [2.05, 4.69) is 54.8 Å². The Kier molecular flexibility index (Phi) is 4.71. The van der Waals surface area contributed by atoms with Gasteiger partial charge >= 0.3 is 0 Å². The smallest absolute Gasteiger partial charge is 0.279 e. The van der Waals surface area contributed by atoms with Gasteiger partial charge in [-0.25, -0.2) is 4.98 Å². The van der Waals surface area contributed by atoms with Gasteiger partial charge in [0.1, 0.15) is 15.9 Å². The molecule has 0 saturated carbocycles. The van der Waals surface area contributed by atoms with E-state index in [4.69, 9.17) is 0 Å². The maximum Gasteiger partial charge on any atom is 0.279 e. The SMILES string of the molecule is CCCN(CCC)Cc1nc2c(Br)[nH]nc2c(=O)[nH]1. The van der Waals surface area contributed by atoms with Crippen LogP contribution in [0.15, 0.2) is 9.40 Å². The molecule has 104 valence electrons. The number of H-pyrrole nitrogens is 2. The number of nitrogens with zero attached hydrogens (tertiary/aromatic N) is 3. The fraction of sp³-hybridized carbons (Fsp3) is 0.583. The van der Waals surface area contributed by atoms with Gasteiger partial charge in [0, 0.05) is 0 Å². The Hall–Kier alpha value is -1.21. The van der Waals surface area contributed by atoms with E-state index in [0.717, 1.165) is 25.9 Å². The summed E-state index contributed by atoms with van der Waals surface area (Å²) in [4.78, 5) is 21.4. The van der Waals surface area contributed by atoms with E-state index in [1.165, 1.54) is 0 Å². The molecule has 2 heterocycles. The Morgan fingerprint density at radius 3 is 2.53 bits per heavy atom. The Labute approximate surface area is 119 Å². The Morgan fingerprint density at radius 2 is 1.89 bits per heavy atom. The van der Waals surface area contributed by atoms with Crippen LogP contribution < -0.4 is 5.56 Å². The predicted octanol–water partition coefficient (Wildman–Crippen LogP) is 2.03. The first kappa shape index (κ1) is 14.2. The van der Waals surface area contributed by atoms with Crippen molar-refractivity contribution < 1.29 is 0 Å². The molecule has 19 heavy (non-hydrogen) atoms. The van der Waals surface area contributed by atoms with E-state index in [0.29, 0.717) is 28.0 Å². The van der Waals surface area contributed by atoms with Crippen LogP contribution in [0.3, 0.4) is 0 Å². The van der Waals surface area contributed by atoms with Crippen molar-refractivity contribution in [3.05, 3.63) is 20.8 Å². The van der Waals surface area contributed by atoms with E-state index in [1.807, 2.05) is 0 Å². The minimum Gasteiger partial charge on any atom is -0.307 e. The first-order chi connectivity index (χ1) is 9.15. The van der Waals surface area contributed by atoms with Crippen molar-refractivity contribution in [2.24, 2.45) is 0 Å². The van der Waals surface area contributed by atoms with Crippen molar-refractivity contribution in [3.63, 3.8) is 0 Å². The topological polar surface area (TPSA) is 77.7 Å². The van der Waals surface area contributed by atoms with Gasteiger partial charge < -0.3 is 4.98 Å². The van der Waals surface area contributed by atoms with E-state index in [1.54, 1.807) is 0 Å². The van der Waals surface area contributed by atoms with Crippen molar-refractivity contribution in [2.75, 3.05) is 13.1 Å². The first-order valence-corrected chi connectivity index (χ1v) is 7.30. The zero-order valence-corrected chi connectivity index (χ0v) is 12.7. The molecular formula is C12H18BrN5O. The molecule has 2 N–H and O–H groups in total. The van der Waals surface area contributed by atoms with E-state index in [9.17, 15) is 4.79 Å². The summed E-state index contributed by atoms with van der Waals surface area (Å²) in [7, 11) is 0. The number of rotatable bonds is 6. The van der Waals surface area contributed by atoms with Crippen LogP contribution in [0.4, 0.5) is 0 Å². The van der Waals surface area contributed by atoms with Gasteiger partial charge in [-0.15, -0.1) is 0 Å². The van der Waals surface area contributed by atoms with Gasteiger partial charge in [0.15, 0.2) is 5.52 Å². The molecule has 7 heteroatoms. The molecule has 0 aliphatic rings. The van der Waals surface area contributed by atoms with Gasteiger partial charge in [-0.3, -0.25) is 14.8 Å². The molecule has 2 rings (SSSR count). The van der Waals surface area contributed by atoms with Crippen LogP contribution in [0.25, 0.3) is 11.0 Å². The number of nitrogens with one attached hydrogen (secondary N) is 2. The zero-order valence-electron chi connectivity index (χ0n) is 11.2. The lowest BCUT2D eigenvalue weighted by Crippen LogP contribution is -2.27. The van der Waals surface area contributed by atoms with Crippen LogP contribution in [0.1, 0.15) is 32.5 Å². The van der Waals surface area contributed by atoms with Crippen molar-refractivity contribution in [1.82, 2.24) is 25.1 Å². The molecule has 0 aliphatic heterocycles. The van der Waals surface area contributed by atoms with E-state index < -0.39 is 0 Å². The first-order valence-electron chi connectivity index (χ1n) is 6.50. The van der Waals surface area contributed by atoms with Crippen molar-refractivity contribution in [1.29, 1.82) is 0 Å². The van der Waals surface area contributed by atoms with Gasteiger partial charge in [0.25, 0.3) is 5.56 Å². The molecule has 2 aromatic rings. The summed E-state index contributed by atoms with van der Waals surface area (Å²) >= 11 is 3.32. The lowest BCUT2D eigenvalue weighted by Gasteiger charge is -2.19. The summed E-state index contributed by atoms with van der Waals surface area (Å²) in [6, 6.07) is 0. The molecule has 0 saturated heterocycles. The minimum atomic E-state index is -0.199. The number of hydrogen-bond donors (Lipinski definition) is 2. The van der Waals surface area contributed by atoms with Gasteiger partial charge in [-0.1, -0.05) is 13.8 Å². The molecule has 6 nitrogen and oxygen atoms in total. The molecule has 0 aliphatic carbocycles. The molecule has 0 spiro atoms. The second-order valence-electron chi connectivity index (χ2n) is 4.52. The minimum absolute atomic E-state index is 0.199. The highest BCUT2D eigenvalue weighted by molar-refractivity contribution is 9.10. The molecule has 0 unspecified atom stereocenters. The fourth-order valence-corrected chi connectivity index (χ4v) is 2.48. The second-order valence-corrected chi connectivity index (χ2v) is 5.32. The Bertz CT molecular complexity index is 600. The summed E-state index contributed by atoms with van der Waals surface area (Å²) in [6.45, 7) is 6.96. The molecule has 0 fully saturated rings. The van der Waals surface area contributed by atoms with Crippen LogP contribution in [0.2, 0.25) is 0 Å². The summed E-state index contributed by atoms with van der Waals surface area (Å²) in [5.41, 5.74) is 0.731. The monoisotopic (exact) mass is 327 g/mol. The summed E-state index contributed by atoms with van der Waals surface area (Å²) < 4.78 is 0.646. The Morgan fingerprint density at radius 1 is 1.21 bits per heavy atom. The van der Waals surface area contributed by atoms with Crippen molar-refractivity contribution in [2.45, 2.75) is 33.2 Å². The van der Waals surface area contributed by atoms with Gasteiger partial charge in [0.05, 0.1) is 6.54 Å². The lowest BCUT2D eigenvalue weighted by atomic mass is 10.3. The third-order valence-electron chi connectivity index (χ3n) is 2.87. The number of hydrogen-bond acceptors (Lipinski definition) is 4. The average Bonchev–Trinajstić information content (AvgIpc) is 2.73. The number of aromatic nitrogens is 4. The maximum atomic E-state index is 11.9. The quantitative estimate of drug-likeness (QED) is 0.851. The molecular weight excluding hydrogens is 310 g/mol. The highest BCUT2D eigenvalue weighted by Gasteiger charge is 2.12. The third kappa shape index (κ3) is 3.22. The molecule has 0 aromatic carbocycles. The molecule has 0 bridgehead atoms. The number of fused-ring (bicyclic) bond motifs is 1. The Balaban J connectivity index is 2.29. The zero-order chi connectivity index (χ0) is 13.8. The maximum absolute atomic E-state index is 11.9. The van der Waals surface area contributed by atoms with Crippen LogP contribution in [0.5, 0.6) is 0 Å². The van der Waals surface area contributed by atoms with Crippen molar-refractivity contribution in [3.8, 4) is 0 Å². The molecule has 0 radical (unpaired) electrons. The molecule has 2 aromatic heterocycles. The van der Waals surface area contributed by atoms with E-state index >= 15 is 0 Å². The second kappa shape index (κ2) is 6.29. The largest absolute Gasteiger partial charge is 0.307 e. The fourth-order valence-electron chi connectivity index (χ4n) is 2.12. The summed E-state index contributed by atoms with van der Waals surface area (Å²) in [5, 5.41) is 6.64. The standard InChI is InChI=1S/C12H18BrN5O/c1-3-5-18(6-4-2)7-8-14-9-10(12(19)15-8)16-17-11(9)13/h3-7H2,1-2H3,(H,16,17)(H,14,15,19). The number of halogens is 1. The normalized spacial score (nSPS) is 11.6. The average molecular weight is 328 g/mol. The lowest BCUT2D eigenvalue weighted by molar-refractivity contribution is 0.260. The predicted molar refractivity (Wildman–Crippen MR) is 78.1 cm³/mol. The van der Waals surface area contributed by atoms with Crippen LogP contribution in [-0.4, -0.2) is 38.2 Å². The highest BCUT2D eigenvalue weighted by atomic mass is 79.9. The summed E-state index contributed by atoms with van der Waals surface area (Å²) in [6.07, 6.45) is 2.17. The molecule has 0 atom stereocenters. The van der Waals surface area contributed by atoms with Gasteiger partial charge in [0.2, 0.25) is 0 Å². The van der Waals surface area contributed by atoms with Crippen molar-refractivity contribution >= 4 is 27.0 Å². The highest BCUT2D eigenvalue weighted by Crippen LogP contribution is 2.15. The van der Waals surface area contributed by atoms with Gasteiger partial charge in [-0.05, 0) is 41.9 Å². The van der Waals surface area contributed by atoms with Crippen LogP contribution in [0, 0.1) is 0 Å². The number of aromatic amines is 2. The van der Waals surface area contributed by atoms with Crippen LogP contribution in [-0.2, 0) is 6.54 Å². The van der Waals surface area contributed by atoms with Crippen LogP contribution >= 0.6 is 15.9 Å². The molecule has 0 amide bonds.